The second kappa shape index (κ2) is 4.31. The highest BCUT2D eigenvalue weighted by Gasteiger charge is 2.38. The van der Waals surface area contributed by atoms with E-state index in [2.05, 4.69) is 0 Å². The largest absolute Gasteiger partial charge is 0.398 e. The minimum absolute atomic E-state index is 0.236. The molecule has 0 aliphatic heterocycles. The SMILES string of the molecule is CC(C)(C(=O)c1ccc(N)c(Cl)c1)S(C)(=O)=O. The molecule has 0 amide bonds. The first-order chi connectivity index (χ1) is 7.57. The number of rotatable bonds is 3. The molecule has 0 spiro atoms. The van der Waals surface area contributed by atoms with Crippen molar-refractivity contribution in [1.82, 2.24) is 0 Å². The Bertz CT molecular complexity index is 564. The monoisotopic (exact) mass is 275 g/mol. The van der Waals surface area contributed by atoms with Gasteiger partial charge in [-0.2, -0.15) is 0 Å². The van der Waals surface area contributed by atoms with Crippen molar-refractivity contribution in [3.63, 3.8) is 0 Å². The van der Waals surface area contributed by atoms with Crippen LogP contribution < -0.4 is 5.73 Å². The summed E-state index contributed by atoms with van der Waals surface area (Å²) in [6, 6.07) is 4.33. The average Bonchev–Trinajstić information content (AvgIpc) is 2.19. The average molecular weight is 276 g/mol. The number of sulfone groups is 1. The highest BCUT2D eigenvalue weighted by Crippen LogP contribution is 2.25. The number of benzene rings is 1. The van der Waals surface area contributed by atoms with Crippen molar-refractivity contribution in [2.24, 2.45) is 0 Å². The molecule has 0 radical (unpaired) electrons. The lowest BCUT2D eigenvalue weighted by molar-refractivity contribution is 0.0954. The van der Waals surface area contributed by atoms with Crippen LogP contribution in [0, 0.1) is 0 Å². The summed E-state index contributed by atoms with van der Waals surface area (Å²) in [5, 5.41) is 0.236. The highest BCUT2D eigenvalue weighted by molar-refractivity contribution is 7.92. The Morgan fingerprint density at radius 2 is 1.88 bits per heavy atom. The molecule has 0 bridgehead atoms. The Balaban J connectivity index is 3.27. The van der Waals surface area contributed by atoms with E-state index in [9.17, 15) is 13.2 Å². The minimum atomic E-state index is -3.50. The van der Waals surface area contributed by atoms with E-state index in [1.807, 2.05) is 0 Å². The van der Waals surface area contributed by atoms with Crippen LogP contribution in [0.15, 0.2) is 18.2 Å². The Morgan fingerprint density at radius 1 is 1.35 bits per heavy atom. The quantitative estimate of drug-likeness (QED) is 0.675. The number of carbonyl (C=O) groups is 1. The van der Waals surface area contributed by atoms with Gasteiger partial charge in [-0.1, -0.05) is 11.6 Å². The molecule has 0 saturated carbocycles. The molecule has 1 aromatic carbocycles. The molecule has 0 atom stereocenters. The van der Waals surface area contributed by atoms with Crippen LogP contribution in [0.5, 0.6) is 0 Å². The van der Waals surface area contributed by atoms with Gasteiger partial charge in [-0.3, -0.25) is 4.79 Å². The fourth-order valence-electron chi connectivity index (χ4n) is 1.18. The van der Waals surface area contributed by atoms with Gasteiger partial charge in [0.1, 0.15) is 4.75 Å². The Labute approximate surface area is 106 Å². The Kier molecular flexibility index (Phi) is 3.55. The molecule has 1 aromatic rings. The van der Waals surface area contributed by atoms with Gasteiger partial charge in [-0.05, 0) is 32.0 Å². The molecule has 4 nitrogen and oxygen atoms in total. The molecule has 94 valence electrons. The third kappa shape index (κ3) is 2.61. The van der Waals surface area contributed by atoms with Crippen LogP contribution in [0.3, 0.4) is 0 Å². The number of halogens is 1. The number of hydrogen-bond donors (Lipinski definition) is 1. The first-order valence-electron chi connectivity index (χ1n) is 4.87. The fourth-order valence-corrected chi connectivity index (χ4v) is 1.82. The van der Waals surface area contributed by atoms with Crippen molar-refractivity contribution in [3.8, 4) is 0 Å². The van der Waals surface area contributed by atoms with E-state index in [1.54, 1.807) is 0 Å². The topological polar surface area (TPSA) is 77.2 Å². The number of Topliss-reactive ketones (excluding diaryl/α,β-unsaturated/α-hetero) is 1. The fraction of sp³-hybridized carbons (Fsp3) is 0.364. The van der Waals surface area contributed by atoms with Crippen molar-refractivity contribution >= 4 is 32.9 Å². The van der Waals surface area contributed by atoms with E-state index in [0.29, 0.717) is 5.69 Å². The minimum Gasteiger partial charge on any atom is -0.398 e. The van der Waals surface area contributed by atoms with Crippen LogP contribution in [0.25, 0.3) is 0 Å². The van der Waals surface area contributed by atoms with Crippen LogP contribution in [0.1, 0.15) is 24.2 Å². The van der Waals surface area contributed by atoms with Gasteiger partial charge >= 0.3 is 0 Å². The Hall–Kier alpha value is -1.07. The Morgan fingerprint density at radius 3 is 2.29 bits per heavy atom. The summed E-state index contributed by atoms with van der Waals surface area (Å²) in [5.41, 5.74) is 6.11. The summed E-state index contributed by atoms with van der Waals surface area (Å²) in [7, 11) is -3.50. The molecule has 6 heteroatoms. The number of nitrogen functional groups attached to an aromatic ring is 1. The van der Waals surface area contributed by atoms with Crippen molar-refractivity contribution in [2.75, 3.05) is 12.0 Å². The summed E-state index contributed by atoms with van der Waals surface area (Å²) >= 11 is 5.80. The third-order valence-corrected chi connectivity index (χ3v) is 5.10. The number of hydrogen-bond acceptors (Lipinski definition) is 4. The van der Waals surface area contributed by atoms with Crippen molar-refractivity contribution in [3.05, 3.63) is 28.8 Å². The predicted octanol–water partition coefficient (Wildman–Crippen LogP) is 1.93. The van der Waals surface area contributed by atoms with Crippen LogP contribution in [-0.4, -0.2) is 25.2 Å². The van der Waals surface area contributed by atoms with E-state index >= 15 is 0 Å². The number of nitrogens with two attached hydrogens (primary N) is 1. The second-order valence-corrected chi connectivity index (χ2v) is 7.32. The van der Waals surface area contributed by atoms with Crippen molar-refractivity contribution in [1.29, 1.82) is 0 Å². The molecular weight excluding hydrogens is 262 g/mol. The standard InChI is InChI=1S/C11H14ClNO3S/c1-11(2,17(3,15)16)10(14)7-4-5-9(13)8(12)6-7/h4-6H,13H2,1-3H3. The molecule has 2 N–H and O–H groups in total. The zero-order valence-electron chi connectivity index (χ0n) is 9.82. The number of anilines is 1. The first kappa shape index (κ1) is 14.0. The lowest BCUT2D eigenvalue weighted by Crippen LogP contribution is -2.39. The molecule has 0 heterocycles. The van der Waals surface area contributed by atoms with Crippen LogP contribution >= 0.6 is 11.6 Å². The van der Waals surface area contributed by atoms with Crippen LogP contribution in [0.4, 0.5) is 5.69 Å². The maximum absolute atomic E-state index is 12.1. The van der Waals surface area contributed by atoms with Crippen molar-refractivity contribution in [2.45, 2.75) is 18.6 Å². The van der Waals surface area contributed by atoms with Crippen LogP contribution in [-0.2, 0) is 9.84 Å². The van der Waals surface area contributed by atoms with Gasteiger partial charge in [0, 0.05) is 11.8 Å². The normalized spacial score (nSPS) is 12.5. The summed E-state index contributed by atoms with van der Waals surface area (Å²) in [5.74, 6) is -0.498. The molecule has 17 heavy (non-hydrogen) atoms. The summed E-state index contributed by atoms with van der Waals surface area (Å²) in [6.07, 6.45) is 1.03. The number of ketones is 1. The summed E-state index contributed by atoms with van der Waals surface area (Å²) in [6.45, 7) is 2.74. The maximum Gasteiger partial charge on any atom is 0.183 e. The van der Waals surface area contributed by atoms with E-state index in [0.717, 1.165) is 6.26 Å². The lowest BCUT2D eigenvalue weighted by atomic mass is 10.00. The van der Waals surface area contributed by atoms with Gasteiger partial charge in [0.25, 0.3) is 0 Å². The molecule has 0 aromatic heterocycles. The van der Waals surface area contributed by atoms with Gasteiger partial charge in [-0.15, -0.1) is 0 Å². The summed E-state index contributed by atoms with van der Waals surface area (Å²) in [4.78, 5) is 12.1. The van der Waals surface area contributed by atoms with Gasteiger partial charge in [0.05, 0.1) is 10.7 Å². The van der Waals surface area contributed by atoms with Gasteiger partial charge in [-0.25, -0.2) is 8.42 Å². The van der Waals surface area contributed by atoms with E-state index in [-0.39, 0.29) is 10.6 Å². The zero-order valence-corrected chi connectivity index (χ0v) is 11.4. The first-order valence-corrected chi connectivity index (χ1v) is 7.13. The molecule has 0 aliphatic rings. The molecule has 1 rings (SSSR count). The van der Waals surface area contributed by atoms with E-state index in [4.69, 9.17) is 17.3 Å². The molecular formula is C11H14ClNO3S. The third-order valence-electron chi connectivity index (χ3n) is 2.74. The smallest absolute Gasteiger partial charge is 0.183 e. The molecule has 0 unspecified atom stereocenters. The van der Waals surface area contributed by atoms with Crippen LogP contribution in [0.2, 0.25) is 5.02 Å². The van der Waals surface area contributed by atoms with E-state index in [1.165, 1.54) is 32.0 Å². The second-order valence-electron chi connectivity index (χ2n) is 4.35. The van der Waals surface area contributed by atoms with E-state index < -0.39 is 20.4 Å². The summed E-state index contributed by atoms with van der Waals surface area (Å²) < 4.78 is 21.6. The van der Waals surface area contributed by atoms with Gasteiger partial charge in [0.15, 0.2) is 15.6 Å². The zero-order chi connectivity index (χ0) is 13.4. The maximum atomic E-state index is 12.1. The molecule has 0 aliphatic carbocycles. The van der Waals surface area contributed by atoms with Crippen molar-refractivity contribution < 1.29 is 13.2 Å². The molecule has 0 saturated heterocycles. The van der Waals surface area contributed by atoms with Gasteiger partial charge in [0.2, 0.25) is 0 Å². The van der Waals surface area contributed by atoms with Gasteiger partial charge < -0.3 is 5.73 Å². The predicted molar refractivity (Wildman–Crippen MR) is 69.1 cm³/mol. The molecule has 0 fully saturated rings. The highest BCUT2D eigenvalue weighted by atomic mass is 35.5. The number of carbonyl (C=O) groups excluding carboxylic acids is 1. The lowest BCUT2D eigenvalue weighted by Gasteiger charge is -2.21.